The number of nitrogens with one attached hydrogen (secondary N) is 2. The zero-order valence-corrected chi connectivity index (χ0v) is 13.0. The Kier molecular flexibility index (Phi) is 4.11. The molecule has 0 spiro atoms. The maximum Gasteiger partial charge on any atom is 0.230 e. The van der Waals surface area contributed by atoms with Crippen molar-refractivity contribution in [1.29, 1.82) is 0 Å². The van der Waals surface area contributed by atoms with Crippen LogP contribution in [0, 0.1) is 0 Å². The first-order chi connectivity index (χ1) is 9.19. The van der Waals surface area contributed by atoms with Gasteiger partial charge in [-0.2, -0.15) is 0 Å². The van der Waals surface area contributed by atoms with Crippen LogP contribution in [0.2, 0.25) is 0 Å². The zero-order chi connectivity index (χ0) is 15.0. The standard InChI is InChI=1S/C13H23N3O3S/c1-13(2,3)20(18,19)16-10-6-4-9(5-7-10)11-8-12(17)15-14-11/h8-10,16H,4-7H2,1-3H3,(H2,14,15,17)/t9-,10-. The van der Waals surface area contributed by atoms with Gasteiger partial charge in [-0.1, -0.05) is 0 Å². The maximum atomic E-state index is 12.1. The largest absolute Gasteiger partial charge is 0.492 e. The lowest BCUT2D eigenvalue weighted by Gasteiger charge is -2.30. The van der Waals surface area contributed by atoms with Crippen molar-refractivity contribution in [1.82, 2.24) is 14.9 Å². The first-order valence-corrected chi connectivity index (χ1v) is 8.43. The number of hydrogen-bond acceptors (Lipinski definition) is 4. The fourth-order valence-electron chi connectivity index (χ4n) is 2.45. The molecule has 114 valence electrons. The van der Waals surface area contributed by atoms with Gasteiger partial charge < -0.3 is 5.11 Å². The Bertz CT molecular complexity index is 552. The summed E-state index contributed by atoms with van der Waals surface area (Å²) >= 11 is 0. The minimum Gasteiger partial charge on any atom is -0.492 e. The van der Waals surface area contributed by atoms with Crippen LogP contribution < -0.4 is 4.72 Å². The summed E-state index contributed by atoms with van der Waals surface area (Å²) < 4.78 is 26.3. The van der Waals surface area contributed by atoms with Gasteiger partial charge >= 0.3 is 0 Å². The first kappa shape index (κ1) is 15.3. The predicted molar refractivity (Wildman–Crippen MR) is 77.1 cm³/mol. The third-order valence-electron chi connectivity index (χ3n) is 3.88. The molecule has 2 rings (SSSR count). The Morgan fingerprint density at radius 2 is 1.90 bits per heavy atom. The summed E-state index contributed by atoms with van der Waals surface area (Å²) in [5.41, 5.74) is 0.930. The number of aromatic amines is 1. The average Bonchev–Trinajstić information content (AvgIpc) is 2.75. The molecule has 1 fully saturated rings. The second-order valence-electron chi connectivity index (χ2n) is 6.46. The highest BCUT2D eigenvalue weighted by molar-refractivity contribution is 7.90. The van der Waals surface area contributed by atoms with Crippen molar-refractivity contribution in [3.8, 4) is 5.88 Å². The Morgan fingerprint density at radius 1 is 1.30 bits per heavy atom. The number of nitrogens with zero attached hydrogens (tertiary/aromatic N) is 1. The van der Waals surface area contributed by atoms with Crippen LogP contribution in [0.4, 0.5) is 0 Å². The van der Waals surface area contributed by atoms with Crippen molar-refractivity contribution in [3.05, 3.63) is 11.8 Å². The fraction of sp³-hybridized carbons (Fsp3) is 0.769. The lowest BCUT2D eigenvalue weighted by Crippen LogP contribution is -2.45. The SMILES string of the molecule is CC(C)(C)S(=O)(=O)N[C@H]1CC[C@H](c2cc(O)n[nH]2)CC1. The van der Waals surface area contributed by atoms with Crippen LogP contribution in [0.1, 0.15) is 58.1 Å². The van der Waals surface area contributed by atoms with Crippen molar-refractivity contribution in [2.75, 3.05) is 0 Å². The van der Waals surface area contributed by atoms with Crippen molar-refractivity contribution in [3.63, 3.8) is 0 Å². The number of aromatic nitrogens is 2. The first-order valence-electron chi connectivity index (χ1n) is 6.95. The molecule has 0 amide bonds. The van der Waals surface area contributed by atoms with Gasteiger partial charge in [0.15, 0.2) is 0 Å². The van der Waals surface area contributed by atoms with Gasteiger partial charge in [-0.15, -0.1) is 5.10 Å². The minimum absolute atomic E-state index is 0.00648. The smallest absolute Gasteiger partial charge is 0.230 e. The van der Waals surface area contributed by atoms with Gasteiger partial charge in [-0.25, -0.2) is 13.1 Å². The molecule has 0 saturated heterocycles. The average molecular weight is 301 g/mol. The molecular weight excluding hydrogens is 278 g/mol. The Morgan fingerprint density at radius 3 is 2.35 bits per heavy atom. The molecule has 1 aliphatic carbocycles. The lowest BCUT2D eigenvalue weighted by atomic mass is 9.84. The molecular formula is C13H23N3O3S. The van der Waals surface area contributed by atoms with Crippen molar-refractivity contribution in [2.24, 2.45) is 0 Å². The molecule has 1 saturated carbocycles. The molecule has 0 radical (unpaired) electrons. The van der Waals surface area contributed by atoms with Crippen LogP contribution in [0.3, 0.4) is 0 Å². The van der Waals surface area contributed by atoms with E-state index in [1.54, 1.807) is 26.8 Å². The van der Waals surface area contributed by atoms with E-state index in [4.69, 9.17) is 0 Å². The van der Waals surface area contributed by atoms with Crippen molar-refractivity contribution >= 4 is 10.0 Å². The topological polar surface area (TPSA) is 95.1 Å². The van der Waals surface area contributed by atoms with Gasteiger partial charge in [0.05, 0.1) is 4.75 Å². The van der Waals surface area contributed by atoms with Crippen molar-refractivity contribution < 1.29 is 13.5 Å². The summed E-state index contributed by atoms with van der Waals surface area (Å²) in [4.78, 5) is 0. The molecule has 6 nitrogen and oxygen atoms in total. The van der Waals surface area contributed by atoms with Gasteiger partial charge in [0.1, 0.15) is 0 Å². The van der Waals surface area contributed by atoms with Crippen LogP contribution in [0.5, 0.6) is 5.88 Å². The van der Waals surface area contributed by atoms with Gasteiger partial charge in [-0.05, 0) is 46.5 Å². The summed E-state index contributed by atoms with van der Waals surface area (Å²) in [6, 6.07) is 1.65. The number of sulfonamides is 1. The molecule has 0 aromatic carbocycles. The quantitative estimate of drug-likeness (QED) is 0.794. The highest BCUT2D eigenvalue weighted by Gasteiger charge is 2.33. The van der Waals surface area contributed by atoms with E-state index in [9.17, 15) is 13.5 Å². The third-order valence-corrected chi connectivity index (χ3v) is 6.14. The summed E-state index contributed by atoms with van der Waals surface area (Å²) in [6.45, 7) is 5.11. The molecule has 1 aromatic rings. The summed E-state index contributed by atoms with van der Waals surface area (Å²) in [7, 11) is -3.29. The number of H-pyrrole nitrogens is 1. The highest BCUT2D eigenvalue weighted by atomic mass is 32.2. The van der Waals surface area contributed by atoms with Crippen LogP contribution in [-0.4, -0.2) is 34.5 Å². The summed E-state index contributed by atoms with van der Waals surface area (Å²) in [6.07, 6.45) is 3.39. The van der Waals surface area contributed by atoms with E-state index < -0.39 is 14.8 Å². The molecule has 1 heterocycles. The highest BCUT2D eigenvalue weighted by Crippen LogP contribution is 2.33. The Labute approximate surface area is 120 Å². The minimum atomic E-state index is -3.29. The molecule has 0 bridgehead atoms. The Balaban J connectivity index is 1.92. The van der Waals surface area contributed by atoms with Gasteiger partial charge in [0.2, 0.25) is 15.9 Å². The summed E-state index contributed by atoms with van der Waals surface area (Å²) in [5.74, 6) is 0.328. The number of rotatable bonds is 3. The van der Waals surface area contributed by atoms with Gasteiger partial charge in [0, 0.05) is 23.7 Å². The molecule has 7 heteroatoms. The monoisotopic (exact) mass is 301 g/mol. The molecule has 1 aliphatic rings. The fourth-order valence-corrected chi connectivity index (χ4v) is 3.48. The molecule has 0 unspecified atom stereocenters. The zero-order valence-electron chi connectivity index (χ0n) is 12.2. The molecule has 0 atom stereocenters. The molecule has 3 N–H and O–H groups in total. The van der Waals surface area contributed by atoms with Crippen molar-refractivity contribution in [2.45, 2.75) is 63.2 Å². The van der Waals surface area contributed by atoms with Crippen LogP contribution in [0.25, 0.3) is 0 Å². The van der Waals surface area contributed by atoms with E-state index in [1.165, 1.54) is 0 Å². The van der Waals surface area contributed by atoms with E-state index in [-0.39, 0.29) is 11.9 Å². The maximum absolute atomic E-state index is 12.1. The van der Waals surface area contributed by atoms with E-state index in [2.05, 4.69) is 14.9 Å². The van der Waals surface area contributed by atoms with E-state index >= 15 is 0 Å². The van der Waals surface area contributed by atoms with E-state index in [1.807, 2.05) is 0 Å². The number of hydrogen-bond donors (Lipinski definition) is 3. The Hall–Kier alpha value is -1.08. The molecule has 0 aliphatic heterocycles. The predicted octanol–water partition coefficient (Wildman–Crippen LogP) is 1.86. The summed E-state index contributed by atoms with van der Waals surface area (Å²) in [5, 5.41) is 15.8. The second-order valence-corrected chi connectivity index (χ2v) is 8.93. The van der Waals surface area contributed by atoms with E-state index in [0.29, 0.717) is 5.92 Å². The van der Waals surface area contributed by atoms with Gasteiger partial charge in [-0.3, -0.25) is 5.10 Å². The number of aromatic hydroxyl groups is 1. The molecule has 20 heavy (non-hydrogen) atoms. The third kappa shape index (κ3) is 3.32. The van der Waals surface area contributed by atoms with Crippen LogP contribution in [-0.2, 0) is 10.0 Å². The normalized spacial score (nSPS) is 24.8. The van der Waals surface area contributed by atoms with Crippen LogP contribution >= 0.6 is 0 Å². The van der Waals surface area contributed by atoms with Gasteiger partial charge in [0.25, 0.3) is 0 Å². The second kappa shape index (κ2) is 5.37. The lowest BCUT2D eigenvalue weighted by molar-refractivity contribution is 0.367. The van der Waals surface area contributed by atoms with E-state index in [0.717, 1.165) is 31.4 Å². The van der Waals surface area contributed by atoms with Crippen LogP contribution in [0.15, 0.2) is 6.07 Å². The molecule has 1 aromatic heterocycles.